The Balaban J connectivity index is 1.83. The summed E-state index contributed by atoms with van der Waals surface area (Å²) in [6.45, 7) is -0.0219. The molecule has 1 aromatic rings. The van der Waals surface area contributed by atoms with Crippen LogP contribution in [0.2, 0.25) is 0 Å². The smallest absolute Gasteiger partial charge is 0.352 e. The van der Waals surface area contributed by atoms with Crippen molar-refractivity contribution in [1.29, 1.82) is 0 Å². The molecule has 1 aromatic heterocycles. The third-order valence-corrected chi connectivity index (χ3v) is 4.33. The summed E-state index contributed by atoms with van der Waals surface area (Å²) < 4.78 is 30.8. The number of alkyl halides is 2. The van der Waals surface area contributed by atoms with Crippen LogP contribution in [-0.2, 0) is 24.9 Å². The Morgan fingerprint density at radius 3 is 2.62 bits per heavy atom. The van der Waals surface area contributed by atoms with E-state index in [1.807, 2.05) is 0 Å². The quantitative estimate of drug-likeness (QED) is 0.797. The fourth-order valence-corrected chi connectivity index (χ4v) is 2.76. The molecular formula is C12H16F2N4O3. The highest BCUT2D eigenvalue weighted by molar-refractivity contribution is 5.85. The number of aliphatic hydroxyl groups is 1. The Morgan fingerprint density at radius 1 is 1.38 bits per heavy atom. The first-order valence-electron chi connectivity index (χ1n) is 6.78. The zero-order valence-electron chi connectivity index (χ0n) is 11.6. The third-order valence-electron chi connectivity index (χ3n) is 4.33. The third kappa shape index (κ3) is 1.90. The lowest BCUT2D eigenvalue weighted by Gasteiger charge is -2.43. The number of nitrogens with zero attached hydrogens (tertiary/aromatic N) is 4. The molecule has 0 unspecified atom stereocenters. The van der Waals surface area contributed by atoms with Crippen LogP contribution in [0.1, 0.15) is 25.1 Å². The normalized spacial score (nSPS) is 20.9. The van der Waals surface area contributed by atoms with Gasteiger partial charge in [-0.15, -0.1) is 0 Å². The number of rotatable bonds is 2. The topological polar surface area (TPSA) is 80.4 Å². The van der Waals surface area contributed by atoms with E-state index >= 15 is 0 Å². The molecule has 21 heavy (non-hydrogen) atoms. The maximum Gasteiger partial charge on any atom is 0.352 e. The SMILES string of the molecule is Cn1nc2n(c1=O)CCN(C(=O)C(F)(F)C1(O)CCC1)C2. The van der Waals surface area contributed by atoms with Gasteiger partial charge in [-0.2, -0.15) is 13.9 Å². The lowest BCUT2D eigenvalue weighted by Crippen LogP contribution is -2.62. The molecule has 2 heterocycles. The van der Waals surface area contributed by atoms with Crippen molar-refractivity contribution in [3.05, 3.63) is 16.3 Å². The maximum atomic E-state index is 14.2. The molecule has 3 rings (SSSR count). The summed E-state index contributed by atoms with van der Waals surface area (Å²) in [5, 5.41) is 13.7. The van der Waals surface area contributed by atoms with Gasteiger partial charge in [0.25, 0.3) is 5.91 Å². The second-order valence-corrected chi connectivity index (χ2v) is 5.66. The van der Waals surface area contributed by atoms with Gasteiger partial charge in [-0.25, -0.2) is 9.48 Å². The van der Waals surface area contributed by atoms with Crippen LogP contribution < -0.4 is 5.69 Å². The molecule has 1 aliphatic heterocycles. The second kappa shape index (κ2) is 4.36. The van der Waals surface area contributed by atoms with Crippen LogP contribution >= 0.6 is 0 Å². The molecule has 1 N–H and O–H groups in total. The number of aryl methyl sites for hydroxylation is 1. The van der Waals surface area contributed by atoms with Crippen LogP contribution in [-0.4, -0.2) is 48.3 Å². The first kappa shape index (κ1) is 14.2. The number of fused-ring (bicyclic) bond motifs is 1. The Morgan fingerprint density at radius 2 is 2.05 bits per heavy atom. The van der Waals surface area contributed by atoms with E-state index in [0.717, 1.165) is 9.58 Å². The summed E-state index contributed by atoms with van der Waals surface area (Å²) in [6.07, 6.45) is 0.334. The van der Waals surface area contributed by atoms with Crippen LogP contribution in [0.3, 0.4) is 0 Å². The zero-order valence-corrected chi connectivity index (χ0v) is 11.6. The number of hydrogen-bond donors (Lipinski definition) is 1. The van der Waals surface area contributed by atoms with E-state index in [2.05, 4.69) is 5.10 Å². The molecule has 1 amide bonds. The van der Waals surface area contributed by atoms with Gasteiger partial charge in [0.1, 0.15) is 5.60 Å². The molecule has 7 nitrogen and oxygen atoms in total. The summed E-state index contributed by atoms with van der Waals surface area (Å²) in [4.78, 5) is 24.7. The van der Waals surface area contributed by atoms with E-state index in [-0.39, 0.29) is 44.0 Å². The van der Waals surface area contributed by atoms with Gasteiger partial charge in [0.05, 0.1) is 6.54 Å². The largest absolute Gasteiger partial charge is 0.383 e. The number of carbonyl (C=O) groups is 1. The fourth-order valence-electron chi connectivity index (χ4n) is 2.76. The monoisotopic (exact) mass is 302 g/mol. The van der Waals surface area contributed by atoms with Crippen molar-refractivity contribution in [2.45, 2.75) is 43.9 Å². The van der Waals surface area contributed by atoms with Gasteiger partial charge in [-0.1, -0.05) is 0 Å². The lowest BCUT2D eigenvalue weighted by molar-refractivity contribution is -0.224. The van der Waals surface area contributed by atoms with Gasteiger partial charge in [0, 0.05) is 20.1 Å². The van der Waals surface area contributed by atoms with Gasteiger partial charge in [-0.3, -0.25) is 9.36 Å². The van der Waals surface area contributed by atoms with E-state index in [9.17, 15) is 23.5 Å². The molecule has 2 aliphatic rings. The predicted molar refractivity (Wildman–Crippen MR) is 66.6 cm³/mol. The Kier molecular flexibility index (Phi) is 2.94. The van der Waals surface area contributed by atoms with Crippen LogP contribution in [0, 0.1) is 0 Å². The van der Waals surface area contributed by atoms with Crippen LogP contribution in [0.5, 0.6) is 0 Å². The van der Waals surface area contributed by atoms with Gasteiger partial charge in [0.15, 0.2) is 5.82 Å². The Bertz CT molecular complexity index is 647. The van der Waals surface area contributed by atoms with Gasteiger partial charge in [0.2, 0.25) is 0 Å². The first-order valence-corrected chi connectivity index (χ1v) is 6.78. The minimum atomic E-state index is -3.80. The van der Waals surface area contributed by atoms with Gasteiger partial charge < -0.3 is 10.0 Å². The molecule has 0 spiro atoms. The van der Waals surface area contributed by atoms with Crippen molar-refractivity contribution in [3.63, 3.8) is 0 Å². The minimum absolute atomic E-state index is 0.00308. The van der Waals surface area contributed by atoms with Crippen molar-refractivity contribution in [3.8, 4) is 0 Å². The number of amides is 1. The molecule has 9 heteroatoms. The molecule has 116 valence electrons. The lowest BCUT2D eigenvalue weighted by atomic mass is 9.75. The van der Waals surface area contributed by atoms with Crippen molar-refractivity contribution in [2.75, 3.05) is 6.54 Å². The average molecular weight is 302 g/mol. The molecule has 0 bridgehead atoms. The Hall–Kier alpha value is -1.77. The molecule has 1 aliphatic carbocycles. The van der Waals surface area contributed by atoms with E-state index in [1.165, 1.54) is 11.6 Å². The summed E-state index contributed by atoms with van der Waals surface area (Å²) in [5.41, 5.74) is -2.56. The van der Waals surface area contributed by atoms with Gasteiger partial charge in [-0.05, 0) is 19.3 Å². The summed E-state index contributed by atoms with van der Waals surface area (Å²) >= 11 is 0. The Labute approximate surface area is 118 Å². The maximum absolute atomic E-state index is 14.2. The molecule has 0 aromatic carbocycles. The molecular weight excluding hydrogens is 286 g/mol. The predicted octanol–water partition coefficient (Wildman–Crippen LogP) is -0.526. The average Bonchev–Trinajstić information content (AvgIpc) is 2.69. The number of halogens is 2. The zero-order chi connectivity index (χ0) is 15.4. The van der Waals surface area contributed by atoms with Crippen molar-refractivity contribution < 1.29 is 18.7 Å². The van der Waals surface area contributed by atoms with Crippen molar-refractivity contribution >= 4 is 5.91 Å². The van der Waals surface area contributed by atoms with Crippen LogP contribution in [0.4, 0.5) is 8.78 Å². The minimum Gasteiger partial charge on any atom is -0.383 e. The van der Waals surface area contributed by atoms with Gasteiger partial charge >= 0.3 is 11.6 Å². The first-order chi connectivity index (χ1) is 9.76. The standard InChI is InChI=1S/C12H16F2N4O3/c1-16-10(20)18-6-5-17(7-8(18)15-16)9(19)12(13,14)11(21)3-2-4-11/h21H,2-7H2,1H3. The second-order valence-electron chi connectivity index (χ2n) is 5.66. The molecule has 0 saturated heterocycles. The summed E-state index contributed by atoms with van der Waals surface area (Å²) in [7, 11) is 1.46. The highest BCUT2D eigenvalue weighted by Gasteiger charge is 2.62. The van der Waals surface area contributed by atoms with Crippen LogP contribution in [0.25, 0.3) is 0 Å². The molecule has 0 radical (unpaired) electrons. The number of aromatic nitrogens is 3. The number of carbonyl (C=O) groups excluding carboxylic acids is 1. The fraction of sp³-hybridized carbons (Fsp3) is 0.750. The highest BCUT2D eigenvalue weighted by Crippen LogP contribution is 2.45. The summed E-state index contributed by atoms with van der Waals surface area (Å²) in [6, 6.07) is 0. The highest BCUT2D eigenvalue weighted by atomic mass is 19.3. The van der Waals surface area contributed by atoms with Crippen molar-refractivity contribution in [2.24, 2.45) is 7.05 Å². The van der Waals surface area contributed by atoms with E-state index in [4.69, 9.17) is 0 Å². The molecule has 1 fully saturated rings. The summed E-state index contributed by atoms with van der Waals surface area (Å²) in [5.74, 6) is -4.92. The number of hydrogen-bond acceptors (Lipinski definition) is 4. The molecule has 1 saturated carbocycles. The van der Waals surface area contributed by atoms with Crippen molar-refractivity contribution in [1.82, 2.24) is 19.2 Å². The van der Waals surface area contributed by atoms with E-state index in [1.54, 1.807) is 0 Å². The van der Waals surface area contributed by atoms with E-state index in [0.29, 0.717) is 6.42 Å². The van der Waals surface area contributed by atoms with E-state index < -0.39 is 17.4 Å². The molecule has 0 atom stereocenters. The van der Waals surface area contributed by atoms with Crippen LogP contribution in [0.15, 0.2) is 4.79 Å².